The van der Waals surface area contributed by atoms with E-state index >= 15 is 0 Å². The maximum atomic E-state index is 13.0. The highest BCUT2D eigenvalue weighted by molar-refractivity contribution is 5.92. The van der Waals surface area contributed by atoms with E-state index < -0.39 is 30.0 Å². The summed E-state index contributed by atoms with van der Waals surface area (Å²) in [6.45, 7) is 3.39. The van der Waals surface area contributed by atoms with Crippen molar-refractivity contribution in [3.8, 4) is 17.2 Å². The molecule has 0 bridgehead atoms. The van der Waals surface area contributed by atoms with Gasteiger partial charge in [0.05, 0.1) is 5.56 Å². The summed E-state index contributed by atoms with van der Waals surface area (Å²) in [7, 11) is 0. The summed E-state index contributed by atoms with van der Waals surface area (Å²) in [6.07, 6.45) is -4.56. The van der Waals surface area contributed by atoms with Crippen LogP contribution < -0.4 is 10.1 Å². The first-order chi connectivity index (χ1) is 15.2. The van der Waals surface area contributed by atoms with Gasteiger partial charge in [0.2, 0.25) is 5.89 Å². The van der Waals surface area contributed by atoms with Gasteiger partial charge in [0.15, 0.2) is 12.2 Å². The monoisotopic (exact) mass is 440 g/mol. The number of nitrogens with zero attached hydrogens (tertiary/aromatic N) is 1. The molecule has 5 nitrogen and oxygen atoms in total. The first kappa shape index (κ1) is 21.4. The van der Waals surface area contributed by atoms with Gasteiger partial charge in [-0.15, -0.1) is 0 Å². The van der Waals surface area contributed by atoms with E-state index in [4.69, 9.17) is 9.15 Å². The van der Waals surface area contributed by atoms with Crippen molar-refractivity contribution in [3.63, 3.8) is 0 Å². The number of rotatable bonds is 5. The lowest BCUT2D eigenvalue weighted by atomic mass is 10.1. The molecule has 8 heteroatoms. The van der Waals surface area contributed by atoms with Gasteiger partial charge in [-0.25, -0.2) is 4.98 Å². The van der Waals surface area contributed by atoms with E-state index in [0.717, 1.165) is 33.9 Å². The number of halogens is 3. The van der Waals surface area contributed by atoms with Crippen LogP contribution >= 0.6 is 0 Å². The van der Waals surface area contributed by atoms with Crippen molar-refractivity contribution in [2.75, 3.05) is 11.9 Å². The zero-order chi connectivity index (χ0) is 22.9. The van der Waals surface area contributed by atoms with Crippen LogP contribution in [0, 0.1) is 13.8 Å². The predicted molar refractivity (Wildman–Crippen MR) is 114 cm³/mol. The second-order valence-electron chi connectivity index (χ2n) is 7.36. The molecule has 0 unspecified atom stereocenters. The number of carbonyl (C=O) groups is 1. The van der Waals surface area contributed by atoms with Crippen molar-refractivity contribution in [3.05, 3.63) is 77.4 Å². The molecule has 32 heavy (non-hydrogen) atoms. The maximum absolute atomic E-state index is 13.0. The van der Waals surface area contributed by atoms with E-state index in [1.165, 1.54) is 18.2 Å². The van der Waals surface area contributed by atoms with Crippen LogP contribution in [0.5, 0.6) is 5.75 Å². The SMILES string of the molecule is Cc1cc(C)c2oc(-c3ccc(NC(=O)COc4ccccc4C(F)(F)F)cc3)nc2c1. The molecule has 1 heterocycles. The van der Waals surface area contributed by atoms with Gasteiger partial charge in [0.1, 0.15) is 11.3 Å². The number of hydrogen-bond acceptors (Lipinski definition) is 4. The maximum Gasteiger partial charge on any atom is 0.419 e. The van der Waals surface area contributed by atoms with Gasteiger partial charge in [-0.05, 0) is 67.4 Å². The zero-order valence-electron chi connectivity index (χ0n) is 17.3. The highest BCUT2D eigenvalue weighted by Crippen LogP contribution is 2.36. The number of aryl methyl sites for hydroxylation is 2. The Morgan fingerprint density at radius 2 is 1.78 bits per heavy atom. The number of anilines is 1. The largest absolute Gasteiger partial charge is 0.483 e. The van der Waals surface area contributed by atoms with Crippen molar-refractivity contribution < 1.29 is 27.1 Å². The van der Waals surface area contributed by atoms with E-state index in [1.54, 1.807) is 24.3 Å². The molecule has 4 aromatic rings. The Hall–Kier alpha value is -3.81. The van der Waals surface area contributed by atoms with Crippen LogP contribution in [0.15, 0.2) is 65.1 Å². The van der Waals surface area contributed by atoms with Gasteiger partial charge in [-0.3, -0.25) is 4.79 Å². The molecular formula is C24H19F3N2O3. The quantitative estimate of drug-likeness (QED) is 0.404. The van der Waals surface area contributed by atoms with E-state index in [1.807, 2.05) is 26.0 Å². The third-order valence-electron chi connectivity index (χ3n) is 4.79. The summed E-state index contributed by atoms with van der Waals surface area (Å²) in [4.78, 5) is 16.7. The van der Waals surface area contributed by atoms with Crippen LogP contribution in [-0.4, -0.2) is 17.5 Å². The molecule has 0 fully saturated rings. The smallest absolute Gasteiger partial charge is 0.419 e. The first-order valence-corrected chi connectivity index (χ1v) is 9.78. The number of para-hydroxylation sites is 1. The molecule has 3 aromatic carbocycles. The molecule has 0 aliphatic carbocycles. The Balaban J connectivity index is 1.42. The third kappa shape index (κ3) is 4.59. The lowest BCUT2D eigenvalue weighted by Crippen LogP contribution is -2.21. The molecule has 4 rings (SSSR count). The molecule has 0 spiro atoms. The molecule has 1 amide bonds. The molecule has 1 N–H and O–H groups in total. The second kappa shape index (κ2) is 8.37. The topological polar surface area (TPSA) is 64.4 Å². The fourth-order valence-corrected chi connectivity index (χ4v) is 3.36. The van der Waals surface area contributed by atoms with E-state index in [2.05, 4.69) is 10.3 Å². The Labute approximate surface area is 181 Å². The minimum Gasteiger partial charge on any atom is -0.483 e. The summed E-state index contributed by atoms with van der Waals surface area (Å²) >= 11 is 0. The molecular weight excluding hydrogens is 421 g/mol. The number of hydrogen-bond donors (Lipinski definition) is 1. The van der Waals surface area contributed by atoms with Gasteiger partial charge in [0.25, 0.3) is 5.91 Å². The highest BCUT2D eigenvalue weighted by Gasteiger charge is 2.34. The van der Waals surface area contributed by atoms with E-state index in [0.29, 0.717) is 11.6 Å². The molecule has 164 valence electrons. The lowest BCUT2D eigenvalue weighted by Gasteiger charge is -2.13. The van der Waals surface area contributed by atoms with Crippen molar-refractivity contribution in [2.45, 2.75) is 20.0 Å². The van der Waals surface area contributed by atoms with Crippen LogP contribution in [0.4, 0.5) is 18.9 Å². The van der Waals surface area contributed by atoms with Gasteiger partial charge in [-0.2, -0.15) is 13.2 Å². The number of amides is 1. The van der Waals surface area contributed by atoms with Gasteiger partial charge >= 0.3 is 6.18 Å². The third-order valence-corrected chi connectivity index (χ3v) is 4.79. The number of alkyl halides is 3. The molecule has 0 aliphatic heterocycles. The fraction of sp³-hybridized carbons (Fsp3) is 0.167. The fourth-order valence-electron chi connectivity index (χ4n) is 3.36. The lowest BCUT2D eigenvalue weighted by molar-refractivity contribution is -0.139. The number of ether oxygens (including phenoxy) is 1. The summed E-state index contributed by atoms with van der Waals surface area (Å²) < 4.78 is 50.0. The van der Waals surface area contributed by atoms with Crippen molar-refractivity contribution >= 4 is 22.7 Å². The second-order valence-corrected chi connectivity index (χ2v) is 7.36. The molecule has 0 aliphatic rings. The average Bonchev–Trinajstić information content (AvgIpc) is 3.17. The summed E-state index contributed by atoms with van der Waals surface area (Å²) in [6, 6.07) is 15.5. The predicted octanol–water partition coefficient (Wildman–Crippen LogP) is 6.15. The van der Waals surface area contributed by atoms with Gasteiger partial charge in [-0.1, -0.05) is 18.2 Å². The minimum atomic E-state index is -4.56. The molecule has 0 atom stereocenters. The van der Waals surface area contributed by atoms with Crippen LogP contribution in [-0.2, 0) is 11.0 Å². The summed E-state index contributed by atoms with van der Waals surface area (Å²) in [5.41, 5.74) is 3.84. The van der Waals surface area contributed by atoms with Gasteiger partial charge < -0.3 is 14.5 Å². The van der Waals surface area contributed by atoms with Crippen LogP contribution in [0.25, 0.3) is 22.6 Å². The number of fused-ring (bicyclic) bond motifs is 1. The highest BCUT2D eigenvalue weighted by atomic mass is 19.4. The molecule has 1 aromatic heterocycles. The normalized spacial score (nSPS) is 11.5. The Morgan fingerprint density at radius 1 is 1.06 bits per heavy atom. The van der Waals surface area contributed by atoms with Crippen LogP contribution in [0.2, 0.25) is 0 Å². The van der Waals surface area contributed by atoms with Crippen LogP contribution in [0.1, 0.15) is 16.7 Å². The van der Waals surface area contributed by atoms with Crippen LogP contribution in [0.3, 0.4) is 0 Å². The Morgan fingerprint density at radius 3 is 2.50 bits per heavy atom. The summed E-state index contributed by atoms with van der Waals surface area (Å²) in [5, 5.41) is 2.60. The average molecular weight is 440 g/mol. The molecule has 0 saturated carbocycles. The zero-order valence-corrected chi connectivity index (χ0v) is 17.3. The van der Waals surface area contributed by atoms with E-state index in [9.17, 15) is 18.0 Å². The number of nitrogens with one attached hydrogen (secondary N) is 1. The molecule has 0 radical (unpaired) electrons. The minimum absolute atomic E-state index is 0.396. The van der Waals surface area contributed by atoms with Crippen molar-refractivity contribution in [1.82, 2.24) is 4.98 Å². The first-order valence-electron chi connectivity index (χ1n) is 9.78. The van der Waals surface area contributed by atoms with E-state index in [-0.39, 0.29) is 0 Å². The number of oxazole rings is 1. The number of carbonyl (C=O) groups excluding carboxylic acids is 1. The van der Waals surface area contributed by atoms with Gasteiger partial charge in [0, 0.05) is 11.3 Å². The van der Waals surface area contributed by atoms with Crippen molar-refractivity contribution in [1.29, 1.82) is 0 Å². The summed E-state index contributed by atoms with van der Waals surface area (Å²) in [5.74, 6) is -0.520. The number of aromatic nitrogens is 1. The number of benzene rings is 3. The standard InChI is InChI=1S/C24H19F3N2O3/c1-14-11-15(2)22-19(12-14)29-23(32-22)16-7-9-17(10-8-16)28-21(30)13-31-20-6-4-3-5-18(20)24(25,26)27/h3-12H,13H2,1-2H3,(H,28,30). The Bertz CT molecular complexity index is 1280. The Kier molecular flexibility index (Phi) is 5.61. The van der Waals surface area contributed by atoms with Crippen molar-refractivity contribution in [2.24, 2.45) is 0 Å². The molecule has 0 saturated heterocycles.